The number of carbonyl (C=O) groups excluding carboxylic acids is 2. The largest absolute Gasteiger partial charge is 0.456 e. The Morgan fingerprint density at radius 3 is 2.39 bits per heavy atom. The molecule has 0 aliphatic heterocycles. The number of H-pyrrole nitrogens is 1. The van der Waals surface area contributed by atoms with E-state index in [4.69, 9.17) is 21.1 Å². The maximum absolute atomic E-state index is 13.0. The molecule has 3 rings (SSSR count). The van der Waals surface area contributed by atoms with Gasteiger partial charge in [-0.2, -0.15) is 0 Å². The van der Waals surface area contributed by atoms with Crippen molar-refractivity contribution in [3.05, 3.63) is 40.8 Å². The third kappa shape index (κ3) is 5.65. The van der Waals surface area contributed by atoms with Gasteiger partial charge in [-0.1, -0.05) is 23.7 Å². The fourth-order valence-corrected chi connectivity index (χ4v) is 3.27. The lowest BCUT2D eigenvalue weighted by Gasteiger charge is -2.20. The highest BCUT2D eigenvalue weighted by atomic mass is 35.5. The predicted octanol–water partition coefficient (Wildman–Crippen LogP) is 4.85. The average Bonchev–Trinajstić information content (AvgIpc) is 2.97. The van der Waals surface area contributed by atoms with E-state index in [1.165, 1.54) is 0 Å². The summed E-state index contributed by atoms with van der Waals surface area (Å²) in [6.07, 6.45) is 1.05. The highest BCUT2D eigenvalue weighted by Crippen LogP contribution is 2.31. The third-order valence-corrected chi connectivity index (χ3v) is 4.38. The highest BCUT2D eigenvalue weighted by molar-refractivity contribution is 6.30. The first-order chi connectivity index (χ1) is 14.3. The smallest absolute Gasteiger partial charge is 0.422 e. The number of pyridine rings is 1. The molecule has 166 valence electrons. The molecular weight excluding hydrogens is 420 g/mol. The number of esters is 1. The fraction of sp³-hybridized carbons (Fsp3) is 0.409. The number of fused-ring (bicyclic) bond motifs is 3. The van der Waals surface area contributed by atoms with Gasteiger partial charge in [0, 0.05) is 28.0 Å². The van der Waals surface area contributed by atoms with Crippen LogP contribution in [0.25, 0.3) is 21.7 Å². The summed E-state index contributed by atoms with van der Waals surface area (Å²) in [5, 5.41) is 2.74. The molecular formula is C22H27ClN4O4. The minimum Gasteiger partial charge on any atom is -0.456 e. The maximum Gasteiger partial charge on any atom is 0.422 e. The Morgan fingerprint density at radius 2 is 1.74 bits per heavy atom. The van der Waals surface area contributed by atoms with Gasteiger partial charge in [0.25, 0.3) is 0 Å². The van der Waals surface area contributed by atoms with Gasteiger partial charge in [0.2, 0.25) is 0 Å². The third-order valence-electron chi connectivity index (χ3n) is 4.17. The van der Waals surface area contributed by atoms with Crippen LogP contribution < -0.4 is 10.9 Å². The van der Waals surface area contributed by atoms with Crippen molar-refractivity contribution in [3.8, 4) is 0 Å². The van der Waals surface area contributed by atoms with Crippen LogP contribution in [0.4, 0.5) is 4.79 Å². The molecule has 3 aromatic rings. The van der Waals surface area contributed by atoms with E-state index in [0.717, 1.165) is 16.3 Å². The predicted molar refractivity (Wildman–Crippen MR) is 120 cm³/mol. The lowest BCUT2D eigenvalue weighted by atomic mass is 10.1. The molecule has 0 aliphatic rings. The minimum absolute atomic E-state index is 0.142. The number of halogens is 1. The minimum atomic E-state index is -0.662. The van der Waals surface area contributed by atoms with Crippen LogP contribution >= 0.6 is 11.6 Å². The Labute approximate surface area is 185 Å². The number of aromatic nitrogens is 2. The van der Waals surface area contributed by atoms with Crippen molar-refractivity contribution < 1.29 is 19.1 Å². The number of rotatable bonds is 4. The standard InChI is InChI=1S/C22H27ClN4O4/c1-21(2,3)30-19(28)17-13-8-7-12-10-24-16(23)9-14(12)18(13)26-15(17)11-25-27-20(29)31-22(4,5)6/h7-10,25-26H,11H2,1-6H3,(H,27,29). The zero-order chi connectivity index (χ0) is 23.0. The molecule has 0 fully saturated rings. The Morgan fingerprint density at radius 1 is 1.06 bits per heavy atom. The molecule has 2 aromatic heterocycles. The molecule has 3 N–H and O–H groups in total. The van der Waals surface area contributed by atoms with E-state index >= 15 is 0 Å². The van der Waals surface area contributed by atoms with Gasteiger partial charge in [-0.05, 0) is 47.6 Å². The number of aromatic amines is 1. The number of amides is 1. The Kier molecular flexibility index (Phi) is 6.16. The second kappa shape index (κ2) is 8.36. The molecule has 0 radical (unpaired) electrons. The number of hydrazine groups is 1. The second-order valence-corrected chi connectivity index (χ2v) is 9.56. The van der Waals surface area contributed by atoms with Gasteiger partial charge in [-0.15, -0.1) is 0 Å². The SMILES string of the molecule is CC(C)(C)OC(=O)NNCc1[nH]c2c(ccc3cnc(Cl)cc32)c1C(=O)OC(C)(C)C. The van der Waals surface area contributed by atoms with Crippen molar-refractivity contribution in [2.24, 2.45) is 0 Å². The van der Waals surface area contributed by atoms with Gasteiger partial charge < -0.3 is 14.5 Å². The zero-order valence-electron chi connectivity index (χ0n) is 18.5. The van der Waals surface area contributed by atoms with Gasteiger partial charge in [-0.25, -0.2) is 20.0 Å². The first kappa shape index (κ1) is 22.8. The summed E-state index contributed by atoms with van der Waals surface area (Å²) in [6.45, 7) is 10.9. The Hall–Kier alpha value is -2.84. The molecule has 31 heavy (non-hydrogen) atoms. The van der Waals surface area contributed by atoms with Gasteiger partial charge in [0.1, 0.15) is 16.4 Å². The Balaban J connectivity index is 1.99. The summed E-state index contributed by atoms with van der Waals surface area (Å²) in [6, 6.07) is 5.46. The summed E-state index contributed by atoms with van der Waals surface area (Å²) in [5.74, 6) is -0.465. The zero-order valence-corrected chi connectivity index (χ0v) is 19.2. The van der Waals surface area contributed by atoms with Crippen LogP contribution in [-0.2, 0) is 16.0 Å². The van der Waals surface area contributed by atoms with Crippen molar-refractivity contribution in [3.63, 3.8) is 0 Å². The number of nitrogens with zero attached hydrogens (tertiary/aromatic N) is 1. The maximum atomic E-state index is 13.0. The van der Waals surface area contributed by atoms with Crippen molar-refractivity contribution in [1.29, 1.82) is 0 Å². The van der Waals surface area contributed by atoms with Gasteiger partial charge in [0.05, 0.1) is 17.6 Å². The molecule has 1 amide bonds. The van der Waals surface area contributed by atoms with E-state index in [1.54, 1.807) is 33.0 Å². The monoisotopic (exact) mass is 446 g/mol. The molecule has 0 bridgehead atoms. The van der Waals surface area contributed by atoms with Crippen LogP contribution in [0.15, 0.2) is 24.4 Å². The summed E-state index contributed by atoms with van der Waals surface area (Å²) in [7, 11) is 0. The van der Waals surface area contributed by atoms with Crippen molar-refractivity contribution in [1.82, 2.24) is 20.8 Å². The molecule has 0 aliphatic carbocycles. The van der Waals surface area contributed by atoms with Gasteiger partial charge >= 0.3 is 12.1 Å². The number of ether oxygens (including phenoxy) is 2. The van der Waals surface area contributed by atoms with Crippen molar-refractivity contribution in [2.75, 3.05) is 0 Å². The Bertz CT molecular complexity index is 1140. The average molecular weight is 447 g/mol. The number of benzene rings is 1. The second-order valence-electron chi connectivity index (χ2n) is 9.18. The summed E-state index contributed by atoms with van der Waals surface area (Å²) >= 11 is 6.10. The first-order valence-corrected chi connectivity index (χ1v) is 10.3. The molecule has 0 saturated heterocycles. The van der Waals surface area contributed by atoms with Crippen LogP contribution in [-0.4, -0.2) is 33.2 Å². The molecule has 0 saturated carbocycles. The van der Waals surface area contributed by atoms with Crippen molar-refractivity contribution in [2.45, 2.75) is 59.3 Å². The molecule has 9 heteroatoms. The van der Waals surface area contributed by atoms with E-state index in [9.17, 15) is 9.59 Å². The summed E-state index contributed by atoms with van der Waals surface area (Å²) in [4.78, 5) is 32.3. The fourth-order valence-electron chi connectivity index (χ4n) is 3.11. The molecule has 2 heterocycles. The molecule has 0 atom stereocenters. The molecule has 0 unspecified atom stereocenters. The molecule has 1 aromatic carbocycles. The lowest BCUT2D eigenvalue weighted by Crippen LogP contribution is -2.41. The molecule has 8 nitrogen and oxygen atoms in total. The van der Waals surface area contributed by atoms with Crippen LogP contribution in [0.5, 0.6) is 0 Å². The number of carbonyl (C=O) groups is 2. The quantitative estimate of drug-likeness (QED) is 0.300. The number of nitrogens with one attached hydrogen (secondary N) is 3. The van der Waals surface area contributed by atoms with Gasteiger partial charge in [-0.3, -0.25) is 5.43 Å². The number of hydrogen-bond acceptors (Lipinski definition) is 6. The highest BCUT2D eigenvalue weighted by Gasteiger charge is 2.25. The summed E-state index contributed by atoms with van der Waals surface area (Å²) in [5.41, 5.74) is 5.67. The van der Waals surface area contributed by atoms with Crippen LogP contribution in [0.2, 0.25) is 5.15 Å². The lowest BCUT2D eigenvalue weighted by molar-refractivity contribution is 0.00705. The number of hydrogen-bond donors (Lipinski definition) is 3. The summed E-state index contributed by atoms with van der Waals surface area (Å²) < 4.78 is 10.8. The normalized spacial score (nSPS) is 12.2. The van der Waals surface area contributed by atoms with E-state index in [0.29, 0.717) is 21.8 Å². The van der Waals surface area contributed by atoms with Crippen LogP contribution in [0.3, 0.4) is 0 Å². The van der Waals surface area contributed by atoms with E-state index < -0.39 is 23.3 Å². The van der Waals surface area contributed by atoms with Gasteiger partial charge in [0.15, 0.2) is 0 Å². The molecule has 0 spiro atoms. The van der Waals surface area contributed by atoms with E-state index in [-0.39, 0.29) is 6.54 Å². The van der Waals surface area contributed by atoms with Crippen LogP contribution in [0, 0.1) is 0 Å². The topological polar surface area (TPSA) is 105 Å². The van der Waals surface area contributed by atoms with Crippen LogP contribution in [0.1, 0.15) is 57.6 Å². The van der Waals surface area contributed by atoms with Crippen molar-refractivity contribution >= 4 is 45.3 Å². The first-order valence-electron chi connectivity index (χ1n) is 9.88. The van der Waals surface area contributed by atoms with E-state index in [2.05, 4.69) is 20.8 Å². The van der Waals surface area contributed by atoms with E-state index in [1.807, 2.05) is 32.9 Å².